The van der Waals surface area contributed by atoms with Crippen LogP contribution in [0.3, 0.4) is 0 Å². The third-order valence-electron chi connectivity index (χ3n) is 6.26. The second kappa shape index (κ2) is 11.6. The highest BCUT2D eigenvalue weighted by molar-refractivity contribution is 5.87. The zero-order valence-corrected chi connectivity index (χ0v) is 18.7. The first-order valence-electron chi connectivity index (χ1n) is 11.5. The molecular weight excluding hydrogens is 402 g/mol. The van der Waals surface area contributed by atoms with Crippen LogP contribution in [0.5, 0.6) is 0 Å². The lowest BCUT2D eigenvalue weighted by Crippen LogP contribution is -2.33. The Morgan fingerprint density at radius 1 is 1.12 bits per heavy atom. The SMILES string of the molecule is C[C@@H](CCc1ccccc1)[C@H](O)/C=C/[C@H]1CCC(=O)N1CCCc1cccc(C(=O)O)c1. The number of carbonyl (C=O) groups is 2. The summed E-state index contributed by atoms with van der Waals surface area (Å²) in [5, 5.41) is 19.7. The Balaban J connectivity index is 1.48. The van der Waals surface area contributed by atoms with Gasteiger partial charge in [0.1, 0.15) is 0 Å². The highest BCUT2D eigenvalue weighted by atomic mass is 16.4. The molecule has 0 aromatic heterocycles. The Hall–Kier alpha value is -2.92. The summed E-state index contributed by atoms with van der Waals surface area (Å²) in [6.45, 7) is 2.69. The largest absolute Gasteiger partial charge is 0.478 e. The average Bonchev–Trinajstić information content (AvgIpc) is 3.16. The van der Waals surface area contributed by atoms with Crippen molar-refractivity contribution in [2.45, 2.75) is 57.6 Å². The number of hydrogen-bond donors (Lipinski definition) is 2. The van der Waals surface area contributed by atoms with Gasteiger partial charge in [0.25, 0.3) is 0 Å². The van der Waals surface area contributed by atoms with E-state index in [1.54, 1.807) is 18.2 Å². The van der Waals surface area contributed by atoms with Gasteiger partial charge in [-0.2, -0.15) is 0 Å². The number of likely N-dealkylation sites (tertiary alicyclic amines) is 1. The van der Waals surface area contributed by atoms with Crippen molar-refractivity contribution in [1.82, 2.24) is 4.90 Å². The van der Waals surface area contributed by atoms with Crippen molar-refractivity contribution < 1.29 is 19.8 Å². The van der Waals surface area contributed by atoms with E-state index in [0.717, 1.165) is 37.7 Å². The topological polar surface area (TPSA) is 77.8 Å². The number of nitrogens with zero attached hydrogens (tertiary/aromatic N) is 1. The maximum Gasteiger partial charge on any atom is 0.335 e. The fourth-order valence-corrected chi connectivity index (χ4v) is 4.20. The minimum Gasteiger partial charge on any atom is -0.478 e. The number of rotatable bonds is 11. The van der Waals surface area contributed by atoms with Crippen LogP contribution in [-0.4, -0.2) is 45.7 Å². The van der Waals surface area contributed by atoms with Crippen LogP contribution in [0.15, 0.2) is 66.7 Å². The lowest BCUT2D eigenvalue weighted by Gasteiger charge is -2.23. The summed E-state index contributed by atoms with van der Waals surface area (Å²) in [4.78, 5) is 25.4. The van der Waals surface area contributed by atoms with Gasteiger partial charge in [0.2, 0.25) is 5.91 Å². The summed E-state index contributed by atoms with van der Waals surface area (Å²) in [6, 6.07) is 17.3. The summed E-state index contributed by atoms with van der Waals surface area (Å²) in [7, 11) is 0. The molecule has 1 heterocycles. The van der Waals surface area contributed by atoms with Gasteiger partial charge in [-0.05, 0) is 61.3 Å². The van der Waals surface area contributed by atoms with E-state index in [-0.39, 0.29) is 23.4 Å². The van der Waals surface area contributed by atoms with E-state index < -0.39 is 12.1 Å². The van der Waals surface area contributed by atoms with Crippen molar-refractivity contribution in [3.05, 3.63) is 83.4 Å². The standard InChI is InChI=1S/C27H33NO4/c1-20(12-13-21-7-3-2-4-8-21)25(29)16-14-24-15-17-26(30)28(24)18-6-10-22-9-5-11-23(19-22)27(31)32/h2-5,7-9,11,14,16,19-20,24-25,29H,6,10,12-13,15,17-18H2,1H3,(H,31,32)/b16-14+/t20-,24-,25+/m0/s1. The van der Waals surface area contributed by atoms with Gasteiger partial charge in [0.05, 0.1) is 17.7 Å². The Labute approximate surface area is 190 Å². The number of aromatic carboxylic acids is 1. The van der Waals surface area contributed by atoms with Gasteiger partial charge < -0.3 is 15.1 Å². The second-order valence-corrected chi connectivity index (χ2v) is 8.68. The maximum atomic E-state index is 12.4. The first kappa shape index (κ1) is 23.7. The van der Waals surface area contributed by atoms with Crippen LogP contribution in [0.1, 0.15) is 54.1 Å². The molecule has 0 bridgehead atoms. The van der Waals surface area contributed by atoms with Crippen LogP contribution >= 0.6 is 0 Å². The van der Waals surface area contributed by atoms with Crippen molar-refractivity contribution >= 4 is 11.9 Å². The van der Waals surface area contributed by atoms with Crippen LogP contribution in [0.2, 0.25) is 0 Å². The molecule has 1 aliphatic rings. The number of aryl methyl sites for hydroxylation is 2. The Morgan fingerprint density at radius 3 is 2.62 bits per heavy atom. The number of carboxylic acids is 1. The molecule has 0 spiro atoms. The summed E-state index contributed by atoms with van der Waals surface area (Å²) in [6.07, 6.45) is 7.94. The van der Waals surface area contributed by atoms with E-state index in [0.29, 0.717) is 13.0 Å². The molecule has 170 valence electrons. The van der Waals surface area contributed by atoms with Crippen LogP contribution in [0.25, 0.3) is 0 Å². The minimum absolute atomic E-state index is 0.0174. The van der Waals surface area contributed by atoms with E-state index in [4.69, 9.17) is 5.11 Å². The van der Waals surface area contributed by atoms with E-state index in [1.165, 1.54) is 5.56 Å². The number of hydrogen-bond acceptors (Lipinski definition) is 3. The summed E-state index contributed by atoms with van der Waals surface area (Å²) in [5.74, 6) is -0.646. The normalized spacial score (nSPS) is 18.2. The molecule has 0 radical (unpaired) electrons. The molecule has 0 aliphatic carbocycles. The lowest BCUT2D eigenvalue weighted by molar-refractivity contribution is -0.128. The molecule has 3 atom stereocenters. The average molecular weight is 436 g/mol. The van der Waals surface area contributed by atoms with Crippen molar-refractivity contribution in [1.29, 1.82) is 0 Å². The number of amides is 1. The molecule has 5 heteroatoms. The molecule has 0 unspecified atom stereocenters. The van der Waals surface area contributed by atoms with Crippen molar-refractivity contribution in [3.8, 4) is 0 Å². The van der Waals surface area contributed by atoms with Gasteiger partial charge in [0, 0.05) is 13.0 Å². The summed E-state index contributed by atoms with van der Waals surface area (Å²) < 4.78 is 0. The molecular formula is C27H33NO4. The molecule has 1 aliphatic heterocycles. The predicted molar refractivity (Wildman–Crippen MR) is 126 cm³/mol. The minimum atomic E-state index is -0.927. The molecule has 1 amide bonds. The first-order valence-corrected chi connectivity index (χ1v) is 11.5. The Bertz CT molecular complexity index is 924. The zero-order valence-electron chi connectivity index (χ0n) is 18.7. The van der Waals surface area contributed by atoms with Crippen LogP contribution < -0.4 is 0 Å². The molecule has 1 fully saturated rings. The van der Waals surface area contributed by atoms with Gasteiger partial charge in [-0.1, -0.05) is 61.5 Å². The molecule has 0 saturated carbocycles. The highest BCUT2D eigenvalue weighted by Crippen LogP contribution is 2.22. The van der Waals surface area contributed by atoms with Gasteiger partial charge in [-0.15, -0.1) is 0 Å². The molecule has 5 nitrogen and oxygen atoms in total. The number of aliphatic hydroxyl groups is 1. The van der Waals surface area contributed by atoms with Crippen molar-refractivity contribution in [2.24, 2.45) is 5.92 Å². The first-order chi connectivity index (χ1) is 15.4. The molecule has 2 aromatic carbocycles. The van der Waals surface area contributed by atoms with Crippen LogP contribution in [-0.2, 0) is 17.6 Å². The van der Waals surface area contributed by atoms with Crippen molar-refractivity contribution in [3.63, 3.8) is 0 Å². The van der Waals surface area contributed by atoms with Gasteiger partial charge in [0.15, 0.2) is 0 Å². The van der Waals surface area contributed by atoms with E-state index >= 15 is 0 Å². The Kier molecular flexibility index (Phi) is 8.63. The van der Waals surface area contributed by atoms with E-state index in [1.807, 2.05) is 41.3 Å². The fraction of sp³-hybridized carbons (Fsp3) is 0.407. The quantitative estimate of drug-likeness (QED) is 0.510. The Morgan fingerprint density at radius 2 is 1.88 bits per heavy atom. The summed E-state index contributed by atoms with van der Waals surface area (Å²) >= 11 is 0. The number of carboxylic acid groups (broad SMARTS) is 1. The van der Waals surface area contributed by atoms with Gasteiger partial charge in [-0.3, -0.25) is 4.79 Å². The van der Waals surface area contributed by atoms with Gasteiger partial charge in [-0.25, -0.2) is 4.79 Å². The molecule has 2 aromatic rings. The number of aliphatic hydroxyl groups excluding tert-OH is 1. The zero-order chi connectivity index (χ0) is 22.9. The maximum absolute atomic E-state index is 12.4. The third kappa shape index (κ3) is 6.79. The van der Waals surface area contributed by atoms with Gasteiger partial charge >= 0.3 is 5.97 Å². The third-order valence-corrected chi connectivity index (χ3v) is 6.26. The second-order valence-electron chi connectivity index (χ2n) is 8.68. The molecule has 2 N–H and O–H groups in total. The smallest absolute Gasteiger partial charge is 0.335 e. The molecule has 3 rings (SSSR count). The van der Waals surface area contributed by atoms with Crippen LogP contribution in [0, 0.1) is 5.92 Å². The molecule has 32 heavy (non-hydrogen) atoms. The highest BCUT2D eigenvalue weighted by Gasteiger charge is 2.28. The van der Waals surface area contributed by atoms with E-state index in [2.05, 4.69) is 19.1 Å². The number of carbonyl (C=O) groups excluding carboxylic acids is 1. The van der Waals surface area contributed by atoms with Crippen LogP contribution in [0.4, 0.5) is 0 Å². The van der Waals surface area contributed by atoms with Crippen molar-refractivity contribution in [2.75, 3.05) is 6.54 Å². The number of benzene rings is 2. The van der Waals surface area contributed by atoms with E-state index in [9.17, 15) is 14.7 Å². The lowest BCUT2D eigenvalue weighted by atomic mass is 9.95. The fourth-order valence-electron chi connectivity index (χ4n) is 4.20. The monoisotopic (exact) mass is 435 g/mol. The predicted octanol–water partition coefficient (Wildman–Crippen LogP) is 4.49. The molecule has 1 saturated heterocycles. The summed E-state index contributed by atoms with van der Waals surface area (Å²) in [5.41, 5.74) is 2.53.